The molecule has 2 aliphatic heterocycles. The van der Waals surface area contributed by atoms with E-state index in [4.69, 9.17) is 4.74 Å². The van der Waals surface area contributed by atoms with Crippen LogP contribution < -0.4 is 4.74 Å². The van der Waals surface area contributed by atoms with Crippen molar-refractivity contribution >= 4 is 15.9 Å². The SMILES string of the molecule is COc1ccc(C2CN3CCCC3c3cc(Br)ccc32)cc1. The van der Waals surface area contributed by atoms with Crippen LogP contribution >= 0.6 is 15.9 Å². The molecular formula is C19H20BrNO. The molecular weight excluding hydrogens is 338 g/mol. The molecule has 0 N–H and O–H groups in total. The van der Waals surface area contributed by atoms with E-state index in [9.17, 15) is 0 Å². The molecule has 0 spiro atoms. The summed E-state index contributed by atoms with van der Waals surface area (Å²) in [6, 6.07) is 16.0. The lowest BCUT2D eigenvalue weighted by molar-refractivity contribution is 0.230. The van der Waals surface area contributed by atoms with Crippen LogP contribution in [0.25, 0.3) is 0 Å². The van der Waals surface area contributed by atoms with E-state index in [-0.39, 0.29) is 0 Å². The number of rotatable bonds is 2. The molecule has 2 atom stereocenters. The van der Waals surface area contributed by atoms with Crippen molar-refractivity contribution in [1.29, 1.82) is 0 Å². The van der Waals surface area contributed by atoms with Crippen molar-refractivity contribution in [2.75, 3.05) is 20.2 Å². The second-order valence-electron chi connectivity index (χ2n) is 6.25. The number of fused-ring (bicyclic) bond motifs is 3. The summed E-state index contributed by atoms with van der Waals surface area (Å²) < 4.78 is 6.48. The van der Waals surface area contributed by atoms with E-state index in [1.54, 1.807) is 7.11 Å². The van der Waals surface area contributed by atoms with Crippen molar-refractivity contribution in [3.8, 4) is 5.75 Å². The van der Waals surface area contributed by atoms with Gasteiger partial charge in [-0.3, -0.25) is 4.90 Å². The second kappa shape index (κ2) is 5.71. The van der Waals surface area contributed by atoms with Gasteiger partial charge in [-0.05, 0) is 60.3 Å². The number of methoxy groups -OCH3 is 1. The van der Waals surface area contributed by atoms with Gasteiger partial charge in [0.05, 0.1) is 7.11 Å². The molecule has 2 aromatic carbocycles. The van der Waals surface area contributed by atoms with E-state index in [1.807, 2.05) is 0 Å². The van der Waals surface area contributed by atoms with E-state index in [0.717, 1.165) is 12.3 Å². The summed E-state index contributed by atoms with van der Waals surface area (Å²) in [5, 5.41) is 0. The van der Waals surface area contributed by atoms with Crippen LogP contribution in [0, 0.1) is 0 Å². The maximum atomic E-state index is 5.29. The molecule has 2 aliphatic rings. The number of benzene rings is 2. The average molecular weight is 358 g/mol. The molecule has 2 heterocycles. The third-order valence-corrected chi connectivity index (χ3v) is 5.58. The normalized spacial score (nSPS) is 23.9. The molecule has 1 fully saturated rings. The molecule has 0 saturated carbocycles. The summed E-state index contributed by atoms with van der Waals surface area (Å²) in [5.74, 6) is 1.39. The molecule has 0 aromatic heterocycles. The Labute approximate surface area is 140 Å². The van der Waals surface area contributed by atoms with Crippen molar-refractivity contribution in [3.05, 3.63) is 63.6 Å². The molecule has 3 heteroatoms. The molecule has 0 aliphatic carbocycles. The molecule has 1 saturated heterocycles. The first-order chi connectivity index (χ1) is 10.8. The Morgan fingerprint density at radius 1 is 1.09 bits per heavy atom. The van der Waals surface area contributed by atoms with Crippen molar-refractivity contribution in [2.24, 2.45) is 0 Å². The minimum Gasteiger partial charge on any atom is -0.497 e. The molecule has 2 nitrogen and oxygen atoms in total. The summed E-state index contributed by atoms with van der Waals surface area (Å²) in [7, 11) is 1.72. The number of hydrogen-bond acceptors (Lipinski definition) is 2. The van der Waals surface area contributed by atoms with Gasteiger partial charge in [0.2, 0.25) is 0 Å². The summed E-state index contributed by atoms with van der Waals surface area (Å²) in [6.07, 6.45) is 2.60. The summed E-state index contributed by atoms with van der Waals surface area (Å²) >= 11 is 3.65. The quantitative estimate of drug-likeness (QED) is 0.769. The first-order valence-electron chi connectivity index (χ1n) is 7.93. The molecule has 22 heavy (non-hydrogen) atoms. The summed E-state index contributed by atoms with van der Waals surface area (Å²) in [6.45, 7) is 2.36. The van der Waals surface area contributed by atoms with Crippen molar-refractivity contribution < 1.29 is 4.74 Å². The van der Waals surface area contributed by atoms with Crippen LogP contribution in [0.5, 0.6) is 5.75 Å². The Balaban J connectivity index is 1.78. The van der Waals surface area contributed by atoms with Gasteiger partial charge in [-0.2, -0.15) is 0 Å². The average Bonchev–Trinajstić information content (AvgIpc) is 3.03. The molecule has 4 rings (SSSR count). The number of nitrogens with zero attached hydrogens (tertiary/aromatic N) is 1. The van der Waals surface area contributed by atoms with E-state index in [2.05, 4.69) is 63.3 Å². The van der Waals surface area contributed by atoms with Crippen LogP contribution in [0.15, 0.2) is 46.9 Å². The Bertz CT molecular complexity index is 682. The van der Waals surface area contributed by atoms with Crippen LogP contribution in [-0.2, 0) is 0 Å². The highest BCUT2D eigenvalue weighted by molar-refractivity contribution is 9.10. The first kappa shape index (κ1) is 14.3. The Morgan fingerprint density at radius 2 is 1.91 bits per heavy atom. The molecule has 0 bridgehead atoms. The molecule has 2 unspecified atom stereocenters. The second-order valence-corrected chi connectivity index (χ2v) is 7.17. The van der Waals surface area contributed by atoms with Crippen LogP contribution in [0.1, 0.15) is 41.5 Å². The minimum atomic E-state index is 0.461. The highest BCUT2D eigenvalue weighted by Crippen LogP contribution is 2.45. The Kier molecular flexibility index (Phi) is 3.71. The van der Waals surface area contributed by atoms with Gasteiger partial charge >= 0.3 is 0 Å². The Morgan fingerprint density at radius 3 is 2.68 bits per heavy atom. The largest absolute Gasteiger partial charge is 0.497 e. The summed E-state index contributed by atoms with van der Waals surface area (Å²) in [5.41, 5.74) is 4.39. The van der Waals surface area contributed by atoms with Crippen LogP contribution in [0.2, 0.25) is 0 Å². The zero-order valence-corrected chi connectivity index (χ0v) is 14.3. The van der Waals surface area contributed by atoms with Gasteiger partial charge in [0.1, 0.15) is 5.75 Å². The van der Waals surface area contributed by atoms with Gasteiger partial charge < -0.3 is 4.74 Å². The predicted octanol–water partition coefficient (Wildman–Crippen LogP) is 4.74. The van der Waals surface area contributed by atoms with Crippen molar-refractivity contribution in [3.63, 3.8) is 0 Å². The third-order valence-electron chi connectivity index (χ3n) is 5.08. The maximum Gasteiger partial charge on any atom is 0.118 e. The van der Waals surface area contributed by atoms with Crippen molar-refractivity contribution in [1.82, 2.24) is 4.90 Å². The van der Waals surface area contributed by atoms with Crippen LogP contribution in [0.4, 0.5) is 0 Å². The van der Waals surface area contributed by atoms with Gasteiger partial charge in [0.25, 0.3) is 0 Å². The zero-order valence-electron chi connectivity index (χ0n) is 12.8. The highest BCUT2D eigenvalue weighted by atomic mass is 79.9. The standard InChI is InChI=1S/C19H20BrNO/c1-22-15-7-4-13(5-8-15)18-12-21-10-2-3-19(21)17-11-14(20)6-9-16(17)18/h4-9,11,18-19H,2-3,10,12H2,1H3. The van der Waals surface area contributed by atoms with Crippen molar-refractivity contribution in [2.45, 2.75) is 24.8 Å². The fraction of sp³-hybridized carbons (Fsp3) is 0.368. The summed E-state index contributed by atoms with van der Waals surface area (Å²) in [4.78, 5) is 2.66. The molecule has 2 aromatic rings. The minimum absolute atomic E-state index is 0.461. The van der Waals surface area contributed by atoms with Gasteiger partial charge in [0, 0.05) is 23.0 Å². The fourth-order valence-corrected chi connectivity index (χ4v) is 4.38. The fourth-order valence-electron chi connectivity index (χ4n) is 4.00. The van der Waals surface area contributed by atoms with Crippen LogP contribution in [-0.4, -0.2) is 25.1 Å². The lowest BCUT2D eigenvalue weighted by Gasteiger charge is -2.37. The monoisotopic (exact) mass is 357 g/mol. The van der Waals surface area contributed by atoms with E-state index in [0.29, 0.717) is 12.0 Å². The number of ether oxygens (including phenoxy) is 1. The molecule has 0 radical (unpaired) electrons. The Hall–Kier alpha value is -1.32. The smallest absolute Gasteiger partial charge is 0.118 e. The maximum absolute atomic E-state index is 5.29. The number of halogens is 1. The first-order valence-corrected chi connectivity index (χ1v) is 8.73. The van der Waals surface area contributed by atoms with Gasteiger partial charge in [-0.15, -0.1) is 0 Å². The topological polar surface area (TPSA) is 12.5 Å². The predicted molar refractivity (Wildman–Crippen MR) is 92.5 cm³/mol. The lowest BCUT2D eigenvalue weighted by atomic mass is 9.82. The highest BCUT2D eigenvalue weighted by Gasteiger charge is 2.36. The molecule has 114 valence electrons. The van der Waals surface area contributed by atoms with E-state index >= 15 is 0 Å². The third kappa shape index (κ3) is 2.37. The lowest BCUT2D eigenvalue weighted by Crippen LogP contribution is -2.34. The number of hydrogen-bond donors (Lipinski definition) is 0. The van der Waals surface area contributed by atoms with E-state index < -0.39 is 0 Å². The van der Waals surface area contributed by atoms with Gasteiger partial charge in [-0.25, -0.2) is 0 Å². The zero-order chi connectivity index (χ0) is 15.1. The van der Waals surface area contributed by atoms with Crippen LogP contribution in [0.3, 0.4) is 0 Å². The van der Waals surface area contributed by atoms with E-state index in [1.165, 1.54) is 40.5 Å². The molecule has 0 amide bonds. The van der Waals surface area contributed by atoms with Gasteiger partial charge in [0.15, 0.2) is 0 Å². The van der Waals surface area contributed by atoms with Gasteiger partial charge in [-0.1, -0.05) is 34.1 Å².